The fourth-order valence-corrected chi connectivity index (χ4v) is 4.11. The minimum atomic E-state index is -0.635. The Kier molecular flexibility index (Phi) is 5.20. The highest BCUT2D eigenvalue weighted by atomic mass is 16.6. The third-order valence-electron chi connectivity index (χ3n) is 5.84. The molecule has 6 nitrogen and oxygen atoms in total. The van der Waals surface area contributed by atoms with Gasteiger partial charge in [0.05, 0.1) is 0 Å². The summed E-state index contributed by atoms with van der Waals surface area (Å²) in [5.74, 6) is -1.11. The van der Waals surface area contributed by atoms with E-state index in [1.165, 1.54) is 5.01 Å². The summed E-state index contributed by atoms with van der Waals surface area (Å²) in [6, 6.07) is 17.7. The van der Waals surface area contributed by atoms with Gasteiger partial charge in [0.2, 0.25) is 5.91 Å². The number of rotatable bonds is 4. The fraction of sp³-hybridized carbons (Fsp3) is 0.375. The van der Waals surface area contributed by atoms with Crippen LogP contribution in [0.3, 0.4) is 0 Å². The average Bonchev–Trinajstić information content (AvgIpc) is 3.19. The lowest BCUT2D eigenvalue weighted by Crippen LogP contribution is -2.53. The number of aryl methyl sites for hydroxylation is 1. The van der Waals surface area contributed by atoms with Gasteiger partial charge in [-0.3, -0.25) is 9.59 Å². The number of oxime groups is 1. The Hall–Kier alpha value is -2.99. The van der Waals surface area contributed by atoms with E-state index in [4.69, 9.17) is 4.84 Å². The van der Waals surface area contributed by atoms with Gasteiger partial charge in [-0.05, 0) is 33.3 Å². The highest BCUT2D eigenvalue weighted by Gasteiger charge is 2.51. The number of benzene rings is 2. The number of nitrogens with zero attached hydrogens (tertiary/aromatic N) is 3. The zero-order valence-electron chi connectivity index (χ0n) is 17.8. The number of hydrogen-bond acceptors (Lipinski definition) is 5. The van der Waals surface area contributed by atoms with Crippen LogP contribution >= 0.6 is 0 Å². The maximum absolute atomic E-state index is 13.7. The Morgan fingerprint density at radius 3 is 2.47 bits per heavy atom. The van der Waals surface area contributed by atoms with Crippen LogP contribution in [0.4, 0.5) is 0 Å². The van der Waals surface area contributed by atoms with Gasteiger partial charge in [0, 0.05) is 24.1 Å². The quantitative estimate of drug-likeness (QED) is 0.728. The molecule has 2 aromatic rings. The van der Waals surface area contributed by atoms with Crippen molar-refractivity contribution in [3.05, 3.63) is 71.3 Å². The molecule has 2 atom stereocenters. The summed E-state index contributed by atoms with van der Waals surface area (Å²) >= 11 is 0. The Morgan fingerprint density at radius 1 is 1.13 bits per heavy atom. The molecule has 0 spiro atoms. The summed E-state index contributed by atoms with van der Waals surface area (Å²) in [5.41, 5.74) is 3.11. The summed E-state index contributed by atoms with van der Waals surface area (Å²) < 4.78 is 0. The Bertz CT molecular complexity index is 983. The molecule has 1 fully saturated rings. The van der Waals surface area contributed by atoms with Crippen LogP contribution in [0.2, 0.25) is 0 Å². The Morgan fingerprint density at radius 2 is 1.80 bits per heavy atom. The molecule has 2 aliphatic heterocycles. The van der Waals surface area contributed by atoms with Crippen molar-refractivity contribution < 1.29 is 14.4 Å². The molecule has 4 rings (SSSR count). The van der Waals surface area contributed by atoms with E-state index >= 15 is 0 Å². The lowest BCUT2D eigenvalue weighted by molar-refractivity contribution is -0.164. The van der Waals surface area contributed by atoms with Crippen molar-refractivity contribution >= 4 is 17.5 Å². The van der Waals surface area contributed by atoms with Gasteiger partial charge < -0.3 is 4.84 Å². The molecule has 156 valence electrons. The molecule has 0 unspecified atom stereocenters. The molecule has 0 aromatic heterocycles. The molecule has 2 heterocycles. The van der Waals surface area contributed by atoms with Crippen LogP contribution in [0.15, 0.2) is 59.8 Å². The Labute approximate surface area is 177 Å². The molecule has 0 saturated carbocycles. The lowest BCUT2D eigenvalue weighted by Gasteiger charge is -2.36. The molecule has 6 heteroatoms. The second-order valence-electron chi connectivity index (χ2n) is 8.71. The van der Waals surface area contributed by atoms with Gasteiger partial charge in [-0.15, -0.1) is 0 Å². The van der Waals surface area contributed by atoms with E-state index in [1.807, 2.05) is 87.3 Å². The van der Waals surface area contributed by atoms with Gasteiger partial charge >= 0.3 is 0 Å². The fourth-order valence-electron chi connectivity index (χ4n) is 4.11. The van der Waals surface area contributed by atoms with E-state index in [-0.39, 0.29) is 18.2 Å². The molecule has 2 aliphatic rings. The molecule has 0 bridgehead atoms. The van der Waals surface area contributed by atoms with Crippen LogP contribution in [0.5, 0.6) is 0 Å². The van der Waals surface area contributed by atoms with Crippen molar-refractivity contribution in [2.75, 3.05) is 0 Å². The summed E-state index contributed by atoms with van der Waals surface area (Å²) in [6.45, 7) is 8.29. The number of amides is 2. The van der Waals surface area contributed by atoms with Gasteiger partial charge in [0.25, 0.3) is 5.91 Å². The first kappa shape index (κ1) is 20.3. The van der Waals surface area contributed by atoms with Crippen molar-refractivity contribution in [1.29, 1.82) is 0 Å². The molecule has 0 N–H and O–H groups in total. The molecule has 0 radical (unpaired) electrons. The number of hydrogen-bond donors (Lipinski definition) is 0. The van der Waals surface area contributed by atoms with Crippen LogP contribution in [0.25, 0.3) is 0 Å². The van der Waals surface area contributed by atoms with Gasteiger partial charge in [-0.2, -0.15) is 0 Å². The van der Waals surface area contributed by atoms with E-state index in [0.717, 1.165) is 16.7 Å². The molecular weight excluding hydrogens is 378 g/mol. The number of carbonyl (C=O) groups is 2. The van der Waals surface area contributed by atoms with E-state index < -0.39 is 17.6 Å². The van der Waals surface area contributed by atoms with E-state index in [0.29, 0.717) is 12.3 Å². The van der Waals surface area contributed by atoms with Crippen LogP contribution in [-0.4, -0.2) is 39.2 Å². The normalized spacial score (nSPS) is 23.4. The highest BCUT2D eigenvalue weighted by Crippen LogP contribution is 2.35. The molecule has 2 aromatic carbocycles. The predicted molar refractivity (Wildman–Crippen MR) is 114 cm³/mol. The second kappa shape index (κ2) is 7.69. The summed E-state index contributed by atoms with van der Waals surface area (Å²) in [6.07, 6.45) is -0.159. The topological polar surface area (TPSA) is 62.2 Å². The van der Waals surface area contributed by atoms with E-state index in [1.54, 1.807) is 0 Å². The van der Waals surface area contributed by atoms with Crippen LogP contribution in [0, 0.1) is 12.8 Å². The van der Waals surface area contributed by atoms with Gasteiger partial charge in [0.1, 0.15) is 17.7 Å². The Balaban J connectivity index is 1.66. The van der Waals surface area contributed by atoms with Crippen molar-refractivity contribution in [3.63, 3.8) is 0 Å². The summed E-state index contributed by atoms with van der Waals surface area (Å²) in [7, 11) is 0. The summed E-state index contributed by atoms with van der Waals surface area (Å²) in [5, 5.41) is 7.41. The van der Waals surface area contributed by atoms with E-state index in [2.05, 4.69) is 5.16 Å². The maximum atomic E-state index is 13.7. The highest BCUT2D eigenvalue weighted by molar-refractivity contribution is 6.16. The first-order valence-electron chi connectivity index (χ1n) is 10.3. The lowest BCUT2D eigenvalue weighted by atomic mass is 9.91. The van der Waals surface area contributed by atoms with Gasteiger partial charge in [-0.1, -0.05) is 65.3 Å². The average molecular weight is 405 g/mol. The molecule has 2 amide bonds. The zero-order chi connectivity index (χ0) is 21.5. The largest absolute Gasteiger partial charge is 0.391 e. The van der Waals surface area contributed by atoms with Crippen molar-refractivity contribution in [2.45, 2.75) is 52.3 Å². The van der Waals surface area contributed by atoms with Crippen molar-refractivity contribution in [3.8, 4) is 0 Å². The minimum absolute atomic E-state index is 0.191. The third-order valence-corrected chi connectivity index (χ3v) is 5.84. The monoisotopic (exact) mass is 405 g/mol. The molecule has 1 saturated heterocycles. The molecule has 30 heavy (non-hydrogen) atoms. The first-order valence-corrected chi connectivity index (χ1v) is 10.3. The van der Waals surface area contributed by atoms with Crippen molar-refractivity contribution in [2.24, 2.45) is 11.1 Å². The third kappa shape index (κ3) is 3.63. The van der Waals surface area contributed by atoms with Crippen LogP contribution in [0.1, 0.15) is 43.9 Å². The van der Waals surface area contributed by atoms with Crippen LogP contribution in [-0.2, 0) is 21.0 Å². The standard InChI is InChI=1S/C24H27N3O3/c1-16-10-12-19(13-11-16)22-21(17(2)30-25-22)23(29)27-20(28)14-24(3,4)26(27)15-18-8-6-5-7-9-18/h5-13,17,21H,14-15H2,1-4H3/t17-,21-/m0/s1. The summed E-state index contributed by atoms with van der Waals surface area (Å²) in [4.78, 5) is 32.2. The van der Waals surface area contributed by atoms with Gasteiger partial charge in [0.15, 0.2) is 0 Å². The number of hydrazine groups is 1. The van der Waals surface area contributed by atoms with Crippen LogP contribution < -0.4 is 0 Å². The number of imide groups is 1. The first-order chi connectivity index (χ1) is 14.3. The van der Waals surface area contributed by atoms with Gasteiger partial charge in [-0.25, -0.2) is 10.0 Å². The molecule has 0 aliphatic carbocycles. The number of carbonyl (C=O) groups excluding carboxylic acids is 2. The maximum Gasteiger partial charge on any atom is 0.257 e. The zero-order valence-corrected chi connectivity index (χ0v) is 17.8. The van der Waals surface area contributed by atoms with E-state index in [9.17, 15) is 9.59 Å². The molecular formula is C24H27N3O3. The smallest absolute Gasteiger partial charge is 0.257 e. The van der Waals surface area contributed by atoms with Crippen molar-refractivity contribution in [1.82, 2.24) is 10.0 Å². The SMILES string of the molecule is Cc1ccc(C2=NO[C@@H](C)[C@@H]2C(=O)N2C(=O)CC(C)(C)N2Cc2ccccc2)cc1. The second-order valence-corrected chi connectivity index (χ2v) is 8.71. The predicted octanol–water partition coefficient (Wildman–Crippen LogP) is 3.69. The minimum Gasteiger partial charge on any atom is -0.391 e.